The number of hydrogen-bond acceptors (Lipinski definition) is 1. The molecule has 0 aliphatic heterocycles. The topological polar surface area (TPSA) is 29.1 Å². The van der Waals surface area contributed by atoms with Crippen LogP contribution in [-0.2, 0) is 5.11 Å². The predicted octanol–water partition coefficient (Wildman–Crippen LogP) is 5.74. The molecular weight excluding hydrogens is 236 g/mol. The van der Waals surface area contributed by atoms with Crippen LogP contribution in [0.4, 0.5) is 0 Å². The fourth-order valence-electron chi connectivity index (χ4n) is 2.16. The average molecular weight is 263 g/mol. The second-order valence-corrected chi connectivity index (χ2v) is 5.12. The maximum absolute atomic E-state index is 11.4. The summed E-state index contributed by atoms with van der Waals surface area (Å²) in [5, 5.41) is 11.4. The Balaban J connectivity index is 1.90. The molecular formula is C17H27O2. The van der Waals surface area contributed by atoms with E-state index in [9.17, 15) is 5.11 Å². The molecule has 0 heterocycles. The van der Waals surface area contributed by atoms with Crippen LogP contribution in [0.5, 0.6) is 11.5 Å². The standard InChI is InChI=1S/C17H27O2/c1-2-3-4-5-6-7-8-9-12-15-19-17-14-11-10-13-16(17)18/h10-11,13-14H,2-9,12,15H2,1H3. The van der Waals surface area contributed by atoms with Crippen LogP contribution >= 0.6 is 0 Å². The van der Waals surface area contributed by atoms with Crippen molar-refractivity contribution in [2.75, 3.05) is 6.61 Å². The third-order valence-electron chi connectivity index (χ3n) is 3.35. The summed E-state index contributed by atoms with van der Waals surface area (Å²) in [6.07, 6.45) is 11.7. The lowest BCUT2D eigenvalue weighted by molar-refractivity contribution is 0.269. The van der Waals surface area contributed by atoms with Gasteiger partial charge in [0.25, 0.3) is 0 Å². The minimum absolute atomic E-state index is 0.0153. The van der Waals surface area contributed by atoms with Crippen LogP contribution in [0.1, 0.15) is 64.7 Å². The van der Waals surface area contributed by atoms with Gasteiger partial charge in [0.05, 0.1) is 6.61 Å². The molecule has 0 N–H and O–H groups in total. The van der Waals surface area contributed by atoms with Crippen LogP contribution in [0, 0.1) is 0 Å². The highest BCUT2D eigenvalue weighted by molar-refractivity contribution is 5.37. The Kier molecular flexibility index (Phi) is 8.95. The van der Waals surface area contributed by atoms with E-state index in [4.69, 9.17) is 4.74 Å². The van der Waals surface area contributed by atoms with E-state index >= 15 is 0 Å². The minimum Gasteiger partial charge on any atom is -0.489 e. The van der Waals surface area contributed by atoms with Crippen molar-refractivity contribution in [1.82, 2.24) is 0 Å². The van der Waals surface area contributed by atoms with Crippen molar-refractivity contribution in [3.05, 3.63) is 24.3 Å². The van der Waals surface area contributed by atoms with Gasteiger partial charge in [-0.1, -0.05) is 70.4 Å². The van der Waals surface area contributed by atoms with Crippen LogP contribution in [0.2, 0.25) is 0 Å². The molecule has 0 spiro atoms. The highest BCUT2D eigenvalue weighted by Crippen LogP contribution is 2.25. The Labute approximate surface area is 117 Å². The molecule has 2 nitrogen and oxygen atoms in total. The first-order valence-corrected chi connectivity index (χ1v) is 7.73. The third kappa shape index (κ3) is 7.76. The second-order valence-electron chi connectivity index (χ2n) is 5.12. The van der Waals surface area contributed by atoms with E-state index in [1.54, 1.807) is 18.2 Å². The van der Waals surface area contributed by atoms with Gasteiger partial charge < -0.3 is 4.74 Å². The van der Waals surface area contributed by atoms with Gasteiger partial charge >= 0.3 is 0 Å². The Morgan fingerprint density at radius 3 is 2.05 bits per heavy atom. The minimum atomic E-state index is -0.0153. The molecule has 1 aromatic rings. The summed E-state index contributed by atoms with van der Waals surface area (Å²) in [4.78, 5) is 0. The van der Waals surface area contributed by atoms with Gasteiger partial charge in [0.1, 0.15) is 0 Å². The maximum atomic E-state index is 11.4. The molecule has 2 heteroatoms. The van der Waals surface area contributed by atoms with E-state index < -0.39 is 0 Å². The lowest BCUT2D eigenvalue weighted by Crippen LogP contribution is -1.97. The summed E-state index contributed by atoms with van der Waals surface area (Å²) in [7, 11) is 0. The quantitative estimate of drug-likeness (QED) is 0.468. The first kappa shape index (κ1) is 15.9. The highest BCUT2D eigenvalue weighted by Gasteiger charge is 2.01. The maximum Gasteiger partial charge on any atom is 0.220 e. The second kappa shape index (κ2) is 10.7. The fourth-order valence-corrected chi connectivity index (χ4v) is 2.16. The fraction of sp³-hybridized carbons (Fsp3) is 0.647. The molecule has 107 valence electrons. The first-order valence-electron chi connectivity index (χ1n) is 7.73. The monoisotopic (exact) mass is 263 g/mol. The molecule has 1 radical (unpaired) electrons. The van der Waals surface area contributed by atoms with E-state index in [0.29, 0.717) is 12.4 Å². The van der Waals surface area contributed by atoms with Gasteiger partial charge in [-0.25, -0.2) is 0 Å². The highest BCUT2D eigenvalue weighted by atomic mass is 16.5. The van der Waals surface area contributed by atoms with Crippen LogP contribution in [0.15, 0.2) is 24.3 Å². The van der Waals surface area contributed by atoms with Gasteiger partial charge in [-0.15, -0.1) is 0 Å². The molecule has 0 aliphatic carbocycles. The zero-order chi connectivity index (χ0) is 13.8. The van der Waals surface area contributed by atoms with Crippen molar-refractivity contribution in [3.63, 3.8) is 0 Å². The molecule has 0 unspecified atom stereocenters. The summed E-state index contributed by atoms with van der Waals surface area (Å²) >= 11 is 0. The third-order valence-corrected chi connectivity index (χ3v) is 3.35. The van der Waals surface area contributed by atoms with Crippen molar-refractivity contribution in [2.45, 2.75) is 64.7 Å². The van der Waals surface area contributed by atoms with Crippen molar-refractivity contribution >= 4 is 0 Å². The smallest absolute Gasteiger partial charge is 0.220 e. The van der Waals surface area contributed by atoms with Crippen molar-refractivity contribution in [2.24, 2.45) is 0 Å². The van der Waals surface area contributed by atoms with Gasteiger partial charge in [0.2, 0.25) is 5.75 Å². The van der Waals surface area contributed by atoms with Crippen molar-refractivity contribution in [3.8, 4) is 11.5 Å². The summed E-state index contributed by atoms with van der Waals surface area (Å²) in [6.45, 7) is 2.91. The van der Waals surface area contributed by atoms with Crippen molar-refractivity contribution < 1.29 is 9.84 Å². The molecule has 0 atom stereocenters. The van der Waals surface area contributed by atoms with E-state index in [1.807, 2.05) is 6.07 Å². The number of unbranched alkanes of at least 4 members (excludes halogenated alkanes) is 8. The molecule has 0 saturated carbocycles. The number of para-hydroxylation sites is 2. The van der Waals surface area contributed by atoms with E-state index in [-0.39, 0.29) is 5.75 Å². The molecule has 1 aromatic carbocycles. The summed E-state index contributed by atoms with van der Waals surface area (Å²) < 4.78 is 5.48. The lowest BCUT2D eigenvalue weighted by atomic mass is 10.1. The van der Waals surface area contributed by atoms with Gasteiger partial charge in [-0.05, 0) is 18.6 Å². The Bertz CT molecular complexity index is 323. The molecule has 0 fully saturated rings. The van der Waals surface area contributed by atoms with Crippen molar-refractivity contribution in [1.29, 1.82) is 0 Å². The normalized spacial score (nSPS) is 10.6. The number of rotatable bonds is 11. The van der Waals surface area contributed by atoms with Gasteiger partial charge in [-0.3, -0.25) is 5.11 Å². The first-order chi connectivity index (χ1) is 9.34. The van der Waals surface area contributed by atoms with Crippen LogP contribution in [-0.4, -0.2) is 6.61 Å². The molecule has 0 bridgehead atoms. The van der Waals surface area contributed by atoms with E-state index in [0.717, 1.165) is 6.42 Å². The predicted molar refractivity (Wildman–Crippen MR) is 79.3 cm³/mol. The average Bonchev–Trinajstić information content (AvgIpc) is 2.43. The lowest BCUT2D eigenvalue weighted by Gasteiger charge is -2.06. The van der Waals surface area contributed by atoms with Crippen LogP contribution in [0.3, 0.4) is 0 Å². The zero-order valence-electron chi connectivity index (χ0n) is 12.2. The van der Waals surface area contributed by atoms with E-state index in [2.05, 4.69) is 6.92 Å². The Hall–Kier alpha value is -1.18. The van der Waals surface area contributed by atoms with Gasteiger partial charge in [0.15, 0.2) is 5.75 Å². The summed E-state index contributed by atoms with van der Waals surface area (Å²) in [5.74, 6) is 0.473. The van der Waals surface area contributed by atoms with Crippen LogP contribution < -0.4 is 4.74 Å². The summed E-state index contributed by atoms with van der Waals surface area (Å²) in [6, 6.07) is 6.88. The number of ether oxygens (including phenoxy) is 1. The molecule has 0 amide bonds. The van der Waals surface area contributed by atoms with Gasteiger partial charge in [-0.2, -0.15) is 0 Å². The molecule has 1 rings (SSSR count). The number of benzene rings is 1. The molecule has 0 aromatic heterocycles. The largest absolute Gasteiger partial charge is 0.489 e. The Morgan fingerprint density at radius 2 is 1.42 bits per heavy atom. The number of hydrogen-bond donors (Lipinski definition) is 0. The van der Waals surface area contributed by atoms with E-state index in [1.165, 1.54) is 51.4 Å². The summed E-state index contributed by atoms with van der Waals surface area (Å²) in [5.41, 5.74) is 0. The Morgan fingerprint density at radius 1 is 0.842 bits per heavy atom. The molecule has 19 heavy (non-hydrogen) atoms. The van der Waals surface area contributed by atoms with Crippen LogP contribution in [0.25, 0.3) is 0 Å². The molecule has 0 saturated heterocycles. The molecule has 0 aliphatic rings. The zero-order valence-corrected chi connectivity index (χ0v) is 12.2. The SMILES string of the molecule is CCCCCCCCCCCOc1ccccc1[O]. The van der Waals surface area contributed by atoms with Gasteiger partial charge in [0, 0.05) is 0 Å².